The molecule has 4 nitrogen and oxygen atoms in total. The lowest BCUT2D eigenvalue weighted by molar-refractivity contribution is -0.0214. The first-order chi connectivity index (χ1) is 10.1. The molecule has 3 atom stereocenters. The Morgan fingerprint density at radius 3 is 2.90 bits per heavy atom. The summed E-state index contributed by atoms with van der Waals surface area (Å²) in [7, 11) is 0. The normalized spacial score (nSPS) is 31.8. The summed E-state index contributed by atoms with van der Waals surface area (Å²) < 4.78 is 5.39. The van der Waals surface area contributed by atoms with Gasteiger partial charge in [0.05, 0.1) is 5.60 Å². The summed E-state index contributed by atoms with van der Waals surface area (Å²) in [6.45, 7) is 3.56. The van der Waals surface area contributed by atoms with E-state index in [2.05, 4.69) is 0 Å². The number of rotatable bonds is 2. The van der Waals surface area contributed by atoms with Gasteiger partial charge >= 0.3 is 6.09 Å². The van der Waals surface area contributed by atoms with Crippen LogP contribution >= 0.6 is 0 Å². The first kappa shape index (κ1) is 14.4. The number of aliphatic hydroxyl groups is 1. The fourth-order valence-corrected chi connectivity index (χ4v) is 3.69. The van der Waals surface area contributed by atoms with Gasteiger partial charge in [0, 0.05) is 19.0 Å². The summed E-state index contributed by atoms with van der Waals surface area (Å²) in [5.74, 6) is 0.744. The SMILES string of the molecule is CC1(O)CC[C@H]2CCN(C(=O)OCc3ccccc3)C[C@H]21. The van der Waals surface area contributed by atoms with E-state index in [1.807, 2.05) is 37.3 Å². The Labute approximate surface area is 125 Å². The third-order valence-corrected chi connectivity index (χ3v) is 5.04. The summed E-state index contributed by atoms with van der Waals surface area (Å²) in [5, 5.41) is 10.4. The van der Waals surface area contributed by atoms with E-state index in [1.165, 1.54) is 0 Å². The molecule has 1 aliphatic carbocycles. The van der Waals surface area contributed by atoms with Crippen LogP contribution in [-0.4, -0.2) is 34.8 Å². The van der Waals surface area contributed by atoms with Crippen molar-refractivity contribution in [2.24, 2.45) is 11.8 Å². The van der Waals surface area contributed by atoms with E-state index in [-0.39, 0.29) is 12.0 Å². The number of carbonyl (C=O) groups excluding carboxylic acids is 1. The highest BCUT2D eigenvalue weighted by Crippen LogP contribution is 2.44. The van der Waals surface area contributed by atoms with Crippen molar-refractivity contribution in [3.8, 4) is 0 Å². The van der Waals surface area contributed by atoms with Crippen LogP contribution in [0.15, 0.2) is 30.3 Å². The summed E-state index contributed by atoms with van der Waals surface area (Å²) >= 11 is 0. The van der Waals surface area contributed by atoms with E-state index in [9.17, 15) is 9.90 Å². The molecule has 1 aromatic rings. The number of amides is 1. The van der Waals surface area contributed by atoms with Crippen LogP contribution < -0.4 is 0 Å². The van der Waals surface area contributed by atoms with Crippen LogP contribution in [0.5, 0.6) is 0 Å². The van der Waals surface area contributed by atoms with E-state index in [1.54, 1.807) is 4.90 Å². The number of hydrogen-bond acceptors (Lipinski definition) is 3. The predicted molar refractivity (Wildman–Crippen MR) is 79.7 cm³/mol. The van der Waals surface area contributed by atoms with Gasteiger partial charge in [-0.05, 0) is 37.7 Å². The molecule has 1 saturated carbocycles. The number of piperidine rings is 1. The summed E-state index contributed by atoms with van der Waals surface area (Å²) in [4.78, 5) is 13.9. The number of hydrogen-bond donors (Lipinski definition) is 1. The number of benzene rings is 1. The predicted octanol–water partition coefficient (Wildman–Crippen LogP) is 2.81. The van der Waals surface area contributed by atoms with Gasteiger partial charge in [0.1, 0.15) is 6.61 Å². The van der Waals surface area contributed by atoms with Crippen LogP contribution in [0.4, 0.5) is 4.79 Å². The molecule has 0 bridgehead atoms. The molecule has 1 N–H and O–H groups in total. The molecule has 1 unspecified atom stereocenters. The Hall–Kier alpha value is -1.55. The van der Waals surface area contributed by atoms with E-state index < -0.39 is 5.60 Å². The molecule has 0 aromatic heterocycles. The lowest BCUT2D eigenvalue weighted by Gasteiger charge is -2.38. The van der Waals surface area contributed by atoms with Crippen LogP contribution in [-0.2, 0) is 11.3 Å². The summed E-state index contributed by atoms with van der Waals surface area (Å²) in [6, 6.07) is 9.70. The summed E-state index contributed by atoms with van der Waals surface area (Å²) in [5.41, 5.74) is 0.358. The standard InChI is InChI=1S/C17H23NO3/c1-17(20)9-7-14-8-10-18(11-15(14)17)16(19)21-12-13-5-3-2-4-6-13/h2-6,14-15,20H,7-12H2,1H3/t14-,15+,17?/m0/s1. The van der Waals surface area contributed by atoms with Gasteiger partial charge in [-0.25, -0.2) is 4.79 Å². The second-order valence-electron chi connectivity index (χ2n) is 6.54. The first-order valence-electron chi connectivity index (χ1n) is 7.74. The fourth-order valence-electron chi connectivity index (χ4n) is 3.69. The Morgan fingerprint density at radius 2 is 2.14 bits per heavy atom. The van der Waals surface area contributed by atoms with Gasteiger partial charge in [-0.15, -0.1) is 0 Å². The molecule has 1 aromatic carbocycles. The van der Waals surface area contributed by atoms with Crippen LogP contribution in [0.3, 0.4) is 0 Å². The van der Waals surface area contributed by atoms with Crippen LogP contribution in [0.1, 0.15) is 31.7 Å². The van der Waals surface area contributed by atoms with Crippen molar-refractivity contribution < 1.29 is 14.6 Å². The van der Waals surface area contributed by atoms with Crippen molar-refractivity contribution in [1.82, 2.24) is 4.90 Å². The minimum atomic E-state index is -0.636. The molecule has 1 amide bonds. The fraction of sp³-hybridized carbons (Fsp3) is 0.588. The van der Waals surface area contributed by atoms with Gasteiger partial charge in [-0.3, -0.25) is 0 Å². The molecular weight excluding hydrogens is 266 g/mol. The highest BCUT2D eigenvalue weighted by Gasteiger charge is 2.47. The van der Waals surface area contributed by atoms with E-state index >= 15 is 0 Å². The van der Waals surface area contributed by atoms with E-state index in [4.69, 9.17) is 4.74 Å². The average molecular weight is 289 g/mol. The molecule has 0 radical (unpaired) electrons. The smallest absolute Gasteiger partial charge is 0.410 e. The zero-order chi connectivity index (χ0) is 14.9. The highest BCUT2D eigenvalue weighted by atomic mass is 16.6. The topological polar surface area (TPSA) is 49.8 Å². The maximum absolute atomic E-state index is 12.2. The molecule has 3 rings (SSSR count). The molecule has 4 heteroatoms. The van der Waals surface area contributed by atoms with Gasteiger partial charge < -0.3 is 14.7 Å². The van der Waals surface area contributed by atoms with Crippen molar-refractivity contribution in [3.05, 3.63) is 35.9 Å². The van der Waals surface area contributed by atoms with Crippen molar-refractivity contribution in [1.29, 1.82) is 0 Å². The molecule has 1 saturated heterocycles. The van der Waals surface area contributed by atoms with Gasteiger partial charge in [0.25, 0.3) is 0 Å². The maximum atomic E-state index is 12.2. The van der Waals surface area contributed by atoms with Crippen molar-refractivity contribution in [2.75, 3.05) is 13.1 Å². The minimum Gasteiger partial charge on any atom is -0.445 e. The molecule has 21 heavy (non-hydrogen) atoms. The van der Waals surface area contributed by atoms with Crippen molar-refractivity contribution >= 4 is 6.09 Å². The molecule has 1 aliphatic heterocycles. The summed E-state index contributed by atoms with van der Waals surface area (Å²) in [6.07, 6.45) is 2.63. The van der Waals surface area contributed by atoms with Crippen LogP contribution in [0, 0.1) is 11.8 Å². The number of likely N-dealkylation sites (tertiary alicyclic amines) is 1. The monoisotopic (exact) mass is 289 g/mol. The molecule has 114 valence electrons. The minimum absolute atomic E-state index is 0.190. The molecular formula is C17H23NO3. The largest absolute Gasteiger partial charge is 0.445 e. The van der Waals surface area contributed by atoms with E-state index in [0.29, 0.717) is 19.1 Å². The molecule has 0 spiro atoms. The second-order valence-corrected chi connectivity index (χ2v) is 6.54. The van der Waals surface area contributed by atoms with Crippen molar-refractivity contribution in [3.63, 3.8) is 0 Å². The second kappa shape index (κ2) is 5.68. The molecule has 1 heterocycles. The van der Waals surface area contributed by atoms with Gasteiger partial charge in [-0.2, -0.15) is 0 Å². The Bertz CT molecular complexity index is 500. The van der Waals surface area contributed by atoms with Gasteiger partial charge in [0.15, 0.2) is 0 Å². The lowest BCUT2D eigenvalue weighted by Crippen LogP contribution is -2.48. The maximum Gasteiger partial charge on any atom is 0.410 e. The average Bonchev–Trinajstić information content (AvgIpc) is 2.81. The number of ether oxygens (including phenoxy) is 1. The quantitative estimate of drug-likeness (QED) is 0.911. The van der Waals surface area contributed by atoms with Crippen LogP contribution in [0.2, 0.25) is 0 Å². The molecule has 2 aliphatic rings. The van der Waals surface area contributed by atoms with Crippen molar-refractivity contribution in [2.45, 2.75) is 38.4 Å². The third-order valence-electron chi connectivity index (χ3n) is 5.04. The Balaban J connectivity index is 1.56. The zero-order valence-electron chi connectivity index (χ0n) is 12.5. The zero-order valence-corrected chi connectivity index (χ0v) is 12.5. The highest BCUT2D eigenvalue weighted by molar-refractivity contribution is 5.67. The molecule has 2 fully saturated rings. The van der Waals surface area contributed by atoms with Gasteiger partial charge in [-0.1, -0.05) is 30.3 Å². The first-order valence-corrected chi connectivity index (χ1v) is 7.74. The number of carbonyl (C=O) groups is 1. The number of fused-ring (bicyclic) bond motifs is 1. The Kier molecular flexibility index (Phi) is 3.89. The number of nitrogens with zero attached hydrogens (tertiary/aromatic N) is 1. The van der Waals surface area contributed by atoms with Gasteiger partial charge in [0.2, 0.25) is 0 Å². The van der Waals surface area contributed by atoms with Crippen LogP contribution in [0.25, 0.3) is 0 Å². The third kappa shape index (κ3) is 3.05. The lowest BCUT2D eigenvalue weighted by atomic mass is 9.82. The van der Waals surface area contributed by atoms with E-state index in [0.717, 1.165) is 31.4 Å². The Morgan fingerprint density at radius 1 is 1.38 bits per heavy atom.